The zero-order valence-corrected chi connectivity index (χ0v) is 15.4. The lowest BCUT2D eigenvalue weighted by Crippen LogP contribution is -2.05. The Labute approximate surface area is 157 Å². The normalized spacial score (nSPS) is 11.1. The number of pyridine rings is 1. The Morgan fingerprint density at radius 2 is 1.96 bits per heavy atom. The van der Waals surface area contributed by atoms with E-state index >= 15 is 0 Å². The molecule has 0 amide bonds. The number of nitrogens with zero attached hydrogens (tertiary/aromatic N) is 5. The Hall–Kier alpha value is -3.48. The third-order valence-corrected chi connectivity index (χ3v) is 4.19. The number of rotatable bonds is 5. The fourth-order valence-corrected chi connectivity index (χ4v) is 2.74. The van der Waals surface area contributed by atoms with E-state index in [0.29, 0.717) is 11.6 Å². The van der Waals surface area contributed by atoms with E-state index in [4.69, 9.17) is 4.74 Å². The van der Waals surface area contributed by atoms with Crippen LogP contribution in [-0.4, -0.2) is 31.7 Å². The highest BCUT2D eigenvalue weighted by molar-refractivity contribution is 5.62. The summed E-state index contributed by atoms with van der Waals surface area (Å²) < 4.78 is 7.03. The second kappa shape index (κ2) is 7.03. The van der Waals surface area contributed by atoms with E-state index in [-0.39, 0.29) is 5.92 Å². The molecule has 0 fully saturated rings. The van der Waals surface area contributed by atoms with Crippen LogP contribution in [0.5, 0.6) is 5.75 Å². The molecule has 0 radical (unpaired) electrons. The molecule has 0 bridgehead atoms. The van der Waals surface area contributed by atoms with Crippen LogP contribution in [0.4, 0.5) is 11.5 Å². The van der Waals surface area contributed by atoms with Crippen molar-refractivity contribution in [2.75, 3.05) is 12.4 Å². The number of methoxy groups -OCH3 is 1. The first kappa shape index (κ1) is 17.0. The highest BCUT2D eigenvalue weighted by Gasteiger charge is 2.14. The average Bonchev–Trinajstić information content (AvgIpc) is 3.13. The van der Waals surface area contributed by atoms with Gasteiger partial charge in [-0.3, -0.25) is 4.98 Å². The first-order chi connectivity index (χ1) is 13.1. The van der Waals surface area contributed by atoms with Crippen LogP contribution in [0.15, 0.2) is 54.9 Å². The predicted molar refractivity (Wildman–Crippen MR) is 104 cm³/mol. The third-order valence-electron chi connectivity index (χ3n) is 4.19. The van der Waals surface area contributed by atoms with Crippen LogP contribution in [-0.2, 0) is 0 Å². The maximum Gasteiger partial charge on any atom is 0.254 e. The molecule has 0 saturated heterocycles. The third kappa shape index (κ3) is 3.44. The number of nitrogens with one attached hydrogen (secondary N) is 1. The molecule has 1 aromatic carbocycles. The molecule has 3 heterocycles. The number of ether oxygens (including phenoxy) is 1. The minimum absolute atomic E-state index is 0.263. The lowest BCUT2D eigenvalue weighted by molar-refractivity contribution is 0.415. The summed E-state index contributed by atoms with van der Waals surface area (Å²) >= 11 is 0. The van der Waals surface area contributed by atoms with Gasteiger partial charge in [-0.05, 0) is 30.2 Å². The second-order valence-corrected chi connectivity index (χ2v) is 6.47. The van der Waals surface area contributed by atoms with Gasteiger partial charge in [0.05, 0.1) is 12.8 Å². The molecule has 1 N–H and O–H groups in total. The van der Waals surface area contributed by atoms with Gasteiger partial charge in [-0.2, -0.15) is 9.50 Å². The molecule has 0 aliphatic carbocycles. The van der Waals surface area contributed by atoms with Crippen LogP contribution in [0.2, 0.25) is 0 Å². The highest BCUT2D eigenvalue weighted by Crippen LogP contribution is 2.25. The summed E-state index contributed by atoms with van der Waals surface area (Å²) in [7, 11) is 1.65. The standard InChI is InChI=1S/C20H20N6O/c1-13(2)17-11-18(22-15-7-4-8-16(10-15)27-3)26-20(23-17)24-19(25-26)14-6-5-9-21-12-14/h4-13,22H,1-3H3. The summed E-state index contributed by atoms with van der Waals surface area (Å²) in [6.07, 6.45) is 3.47. The van der Waals surface area contributed by atoms with Gasteiger partial charge in [0.1, 0.15) is 11.6 Å². The molecule has 0 aliphatic heterocycles. The second-order valence-electron chi connectivity index (χ2n) is 6.47. The van der Waals surface area contributed by atoms with Crippen molar-refractivity contribution in [2.45, 2.75) is 19.8 Å². The number of anilines is 2. The Morgan fingerprint density at radius 3 is 2.70 bits per heavy atom. The lowest BCUT2D eigenvalue weighted by atomic mass is 10.1. The molecule has 3 aromatic heterocycles. The first-order valence-electron chi connectivity index (χ1n) is 8.73. The summed E-state index contributed by atoms with van der Waals surface area (Å²) in [5.74, 6) is 2.97. The largest absolute Gasteiger partial charge is 0.497 e. The molecule has 0 atom stereocenters. The van der Waals surface area contributed by atoms with Crippen molar-refractivity contribution in [3.05, 3.63) is 60.6 Å². The van der Waals surface area contributed by atoms with Crippen LogP contribution in [0.1, 0.15) is 25.5 Å². The zero-order valence-electron chi connectivity index (χ0n) is 15.4. The van der Waals surface area contributed by atoms with Crippen molar-refractivity contribution >= 4 is 17.3 Å². The average molecular weight is 360 g/mol. The number of aromatic nitrogens is 5. The maximum atomic E-state index is 5.31. The molecule has 4 rings (SSSR count). The number of hydrogen-bond acceptors (Lipinski definition) is 6. The highest BCUT2D eigenvalue weighted by atomic mass is 16.5. The summed E-state index contributed by atoms with van der Waals surface area (Å²) in [5, 5.41) is 8.04. The smallest absolute Gasteiger partial charge is 0.254 e. The van der Waals surface area contributed by atoms with E-state index in [1.807, 2.05) is 42.5 Å². The molecule has 27 heavy (non-hydrogen) atoms. The number of benzene rings is 1. The van der Waals surface area contributed by atoms with E-state index in [0.717, 1.165) is 28.5 Å². The lowest BCUT2D eigenvalue weighted by Gasteiger charge is -2.12. The fourth-order valence-electron chi connectivity index (χ4n) is 2.74. The summed E-state index contributed by atoms with van der Waals surface area (Å²) in [4.78, 5) is 13.4. The van der Waals surface area contributed by atoms with Gasteiger partial charge >= 0.3 is 0 Å². The van der Waals surface area contributed by atoms with Gasteiger partial charge in [-0.1, -0.05) is 19.9 Å². The van der Waals surface area contributed by atoms with Crippen molar-refractivity contribution in [3.8, 4) is 17.1 Å². The van der Waals surface area contributed by atoms with E-state index in [1.54, 1.807) is 24.0 Å². The van der Waals surface area contributed by atoms with Crippen LogP contribution in [0.3, 0.4) is 0 Å². The summed E-state index contributed by atoms with van der Waals surface area (Å²) in [6.45, 7) is 4.21. The van der Waals surface area contributed by atoms with Crippen molar-refractivity contribution < 1.29 is 4.74 Å². The van der Waals surface area contributed by atoms with E-state index in [1.165, 1.54) is 0 Å². The molecule has 7 heteroatoms. The van der Waals surface area contributed by atoms with E-state index in [2.05, 4.69) is 39.2 Å². The van der Waals surface area contributed by atoms with Crippen molar-refractivity contribution in [3.63, 3.8) is 0 Å². The van der Waals surface area contributed by atoms with Crippen LogP contribution in [0.25, 0.3) is 17.2 Å². The van der Waals surface area contributed by atoms with Gasteiger partial charge in [-0.15, -0.1) is 5.10 Å². The predicted octanol–water partition coefficient (Wildman–Crippen LogP) is 4.06. The quantitative estimate of drug-likeness (QED) is 0.578. The topological polar surface area (TPSA) is 77.2 Å². The van der Waals surface area contributed by atoms with Crippen LogP contribution < -0.4 is 10.1 Å². The van der Waals surface area contributed by atoms with Gasteiger partial charge < -0.3 is 10.1 Å². The van der Waals surface area contributed by atoms with Gasteiger partial charge in [0, 0.05) is 35.8 Å². The van der Waals surface area contributed by atoms with Crippen molar-refractivity contribution in [1.82, 2.24) is 24.6 Å². The van der Waals surface area contributed by atoms with Gasteiger partial charge in [0.15, 0.2) is 5.82 Å². The van der Waals surface area contributed by atoms with Crippen molar-refractivity contribution in [1.29, 1.82) is 0 Å². The molecule has 0 saturated carbocycles. The van der Waals surface area contributed by atoms with Gasteiger partial charge in [0.2, 0.25) is 0 Å². The monoisotopic (exact) mass is 360 g/mol. The molecule has 0 unspecified atom stereocenters. The Bertz CT molecular complexity index is 1070. The number of fused-ring (bicyclic) bond motifs is 1. The molecule has 7 nitrogen and oxygen atoms in total. The Balaban J connectivity index is 1.83. The van der Waals surface area contributed by atoms with Gasteiger partial charge in [-0.25, -0.2) is 4.98 Å². The Morgan fingerprint density at radius 1 is 1.07 bits per heavy atom. The minimum atomic E-state index is 0.263. The molecule has 0 aliphatic rings. The van der Waals surface area contributed by atoms with Gasteiger partial charge in [0.25, 0.3) is 5.78 Å². The minimum Gasteiger partial charge on any atom is -0.497 e. The van der Waals surface area contributed by atoms with Crippen molar-refractivity contribution in [2.24, 2.45) is 0 Å². The Kier molecular flexibility index (Phi) is 4.42. The first-order valence-corrected chi connectivity index (χ1v) is 8.73. The summed E-state index contributed by atoms with van der Waals surface area (Å²) in [6, 6.07) is 13.5. The molecule has 136 valence electrons. The summed E-state index contributed by atoms with van der Waals surface area (Å²) in [5.41, 5.74) is 2.69. The van der Waals surface area contributed by atoms with E-state index in [9.17, 15) is 0 Å². The zero-order chi connectivity index (χ0) is 18.8. The molecular weight excluding hydrogens is 340 g/mol. The molecular formula is C20H20N6O. The van der Waals surface area contributed by atoms with Crippen LogP contribution >= 0.6 is 0 Å². The van der Waals surface area contributed by atoms with Crippen LogP contribution in [0, 0.1) is 0 Å². The SMILES string of the molecule is COc1cccc(Nc2cc(C(C)C)nc3nc(-c4cccnc4)nn23)c1. The number of hydrogen-bond donors (Lipinski definition) is 1. The molecule has 0 spiro atoms. The maximum absolute atomic E-state index is 5.31. The fraction of sp³-hybridized carbons (Fsp3) is 0.200. The molecule has 4 aromatic rings. The van der Waals surface area contributed by atoms with E-state index < -0.39 is 0 Å².